The van der Waals surface area contributed by atoms with Crippen LogP contribution in [0, 0.1) is 0 Å². The van der Waals surface area contributed by atoms with Gasteiger partial charge in [-0.25, -0.2) is 0 Å². The lowest BCUT2D eigenvalue weighted by Crippen LogP contribution is -2.49. The van der Waals surface area contributed by atoms with Crippen LogP contribution in [0.5, 0.6) is 0 Å². The van der Waals surface area contributed by atoms with E-state index in [1.807, 2.05) is 0 Å². The Morgan fingerprint density at radius 3 is 1.67 bits per heavy atom. The summed E-state index contributed by atoms with van der Waals surface area (Å²) < 4.78 is 0. The van der Waals surface area contributed by atoms with Gasteiger partial charge in [0.2, 0.25) is 0 Å². The molecular weight excluding hydrogens is 204 g/mol. The Labute approximate surface area is 88.4 Å². The van der Waals surface area contributed by atoms with Crippen molar-refractivity contribution >= 4 is 0 Å². The van der Waals surface area contributed by atoms with E-state index in [-0.39, 0.29) is 6.42 Å². The van der Waals surface area contributed by atoms with E-state index < -0.39 is 37.1 Å². The van der Waals surface area contributed by atoms with E-state index in [1.54, 1.807) is 6.92 Å². The standard InChI is InChI=1S/C9H20O6/c1-2-3-5(11)7(13)9(15)8(14)6(12)4-10/h5-15H,2-4H2,1H3. The van der Waals surface area contributed by atoms with Crippen molar-refractivity contribution in [3.63, 3.8) is 0 Å². The minimum absolute atomic E-state index is 0.278. The van der Waals surface area contributed by atoms with Crippen molar-refractivity contribution < 1.29 is 30.6 Å². The van der Waals surface area contributed by atoms with Crippen LogP contribution in [-0.2, 0) is 0 Å². The van der Waals surface area contributed by atoms with Gasteiger partial charge in [0.1, 0.15) is 24.4 Å². The van der Waals surface area contributed by atoms with E-state index in [4.69, 9.17) is 10.2 Å². The van der Waals surface area contributed by atoms with Crippen molar-refractivity contribution in [3.05, 3.63) is 0 Å². The smallest absolute Gasteiger partial charge is 0.111 e. The molecule has 0 bridgehead atoms. The molecule has 0 rings (SSSR count). The molecule has 0 heterocycles. The molecule has 0 aliphatic carbocycles. The predicted octanol–water partition coefficient (Wildman–Crippen LogP) is -2.42. The van der Waals surface area contributed by atoms with Crippen molar-refractivity contribution in [3.8, 4) is 0 Å². The third-order valence-electron chi connectivity index (χ3n) is 2.26. The van der Waals surface area contributed by atoms with Crippen LogP contribution in [0.2, 0.25) is 0 Å². The summed E-state index contributed by atoms with van der Waals surface area (Å²) in [5.74, 6) is 0. The quantitative estimate of drug-likeness (QED) is 0.286. The third kappa shape index (κ3) is 4.42. The van der Waals surface area contributed by atoms with E-state index in [2.05, 4.69) is 0 Å². The Kier molecular flexibility index (Phi) is 6.99. The first-order chi connectivity index (χ1) is 6.95. The van der Waals surface area contributed by atoms with Gasteiger partial charge in [-0.1, -0.05) is 13.3 Å². The molecule has 0 aliphatic rings. The van der Waals surface area contributed by atoms with Crippen LogP contribution in [-0.4, -0.2) is 67.8 Å². The van der Waals surface area contributed by atoms with Gasteiger partial charge in [-0.15, -0.1) is 0 Å². The topological polar surface area (TPSA) is 121 Å². The van der Waals surface area contributed by atoms with Crippen LogP contribution in [0.1, 0.15) is 19.8 Å². The van der Waals surface area contributed by atoms with Crippen LogP contribution in [0.4, 0.5) is 0 Å². The molecule has 0 saturated carbocycles. The summed E-state index contributed by atoms with van der Waals surface area (Å²) >= 11 is 0. The molecule has 6 nitrogen and oxygen atoms in total. The molecule has 5 atom stereocenters. The summed E-state index contributed by atoms with van der Waals surface area (Å²) in [6.45, 7) is 1.07. The molecule has 15 heavy (non-hydrogen) atoms. The highest BCUT2D eigenvalue weighted by molar-refractivity contribution is 4.84. The molecule has 6 N–H and O–H groups in total. The van der Waals surface area contributed by atoms with Gasteiger partial charge in [0.05, 0.1) is 12.7 Å². The lowest BCUT2D eigenvalue weighted by molar-refractivity contribution is -0.141. The molecule has 0 aromatic heterocycles. The molecule has 5 unspecified atom stereocenters. The van der Waals surface area contributed by atoms with Crippen LogP contribution in [0.3, 0.4) is 0 Å². The minimum Gasteiger partial charge on any atom is -0.394 e. The van der Waals surface area contributed by atoms with Gasteiger partial charge in [0.25, 0.3) is 0 Å². The lowest BCUT2D eigenvalue weighted by Gasteiger charge is -2.28. The van der Waals surface area contributed by atoms with Gasteiger partial charge in [-0.2, -0.15) is 0 Å². The van der Waals surface area contributed by atoms with Gasteiger partial charge in [0.15, 0.2) is 0 Å². The second kappa shape index (κ2) is 7.10. The monoisotopic (exact) mass is 224 g/mol. The van der Waals surface area contributed by atoms with E-state index in [0.717, 1.165) is 0 Å². The molecule has 0 saturated heterocycles. The van der Waals surface area contributed by atoms with Gasteiger partial charge < -0.3 is 30.6 Å². The average Bonchev–Trinajstić information content (AvgIpc) is 2.25. The third-order valence-corrected chi connectivity index (χ3v) is 2.26. The summed E-state index contributed by atoms with van der Waals surface area (Å²) in [5, 5.41) is 54.8. The molecule has 0 aliphatic heterocycles. The highest BCUT2D eigenvalue weighted by atomic mass is 16.4. The molecule has 92 valence electrons. The maximum Gasteiger partial charge on any atom is 0.111 e. The van der Waals surface area contributed by atoms with Crippen LogP contribution in [0.25, 0.3) is 0 Å². The lowest BCUT2D eigenvalue weighted by atomic mass is 9.97. The summed E-state index contributed by atoms with van der Waals surface area (Å²) in [6, 6.07) is 0. The van der Waals surface area contributed by atoms with Gasteiger partial charge in [-0.3, -0.25) is 0 Å². The Morgan fingerprint density at radius 2 is 1.27 bits per heavy atom. The fraction of sp³-hybridized carbons (Fsp3) is 1.00. The van der Waals surface area contributed by atoms with Crippen LogP contribution >= 0.6 is 0 Å². The molecule has 0 spiro atoms. The van der Waals surface area contributed by atoms with E-state index in [0.29, 0.717) is 6.42 Å². The highest BCUT2D eigenvalue weighted by Crippen LogP contribution is 2.11. The zero-order valence-corrected chi connectivity index (χ0v) is 8.69. The number of rotatable bonds is 7. The number of hydrogen-bond donors (Lipinski definition) is 6. The number of aliphatic hydroxyl groups is 6. The van der Waals surface area contributed by atoms with Gasteiger partial charge in [-0.05, 0) is 6.42 Å². The van der Waals surface area contributed by atoms with E-state index >= 15 is 0 Å². The van der Waals surface area contributed by atoms with Gasteiger partial charge >= 0.3 is 0 Å². The number of aliphatic hydroxyl groups excluding tert-OH is 6. The van der Waals surface area contributed by atoms with Crippen molar-refractivity contribution in [2.45, 2.75) is 50.3 Å². The number of hydrogen-bond acceptors (Lipinski definition) is 6. The Morgan fingerprint density at radius 1 is 0.800 bits per heavy atom. The van der Waals surface area contributed by atoms with Crippen LogP contribution in [0.15, 0.2) is 0 Å². The summed E-state index contributed by atoms with van der Waals surface area (Å²) in [7, 11) is 0. The van der Waals surface area contributed by atoms with Crippen molar-refractivity contribution in [2.24, 2.45) is 0 Å². The maximum atomic E-state index is 9.38. The Balaban J connectivity index is 4.22. The zero-order chi connectivity index (χ0) is 12.0. The molecule has 0 fully saturated rings. The van der Waals surface area contributed by atoms with Crippen molar-refractivity contribution in [1.29, 1.82) is 0 Å². The van der Waals surface area contributed by atoms with Crippen molar-refractivity contribution in [1.82, 2.24) is 0 Å². The molecule has 0 amide bonds. The first-order valence-electron chi connectivity index (χ1n) is 4.96. The van der Waals surface area contributed by atoms with Crippen LogP contribution < -0.4 is 0 Å². The average molecular weight is 224 g/mol. The largest absolute Gasteiger partial charge is 0.394 e. The first kappa shape index (κ1) is 14.8. The molecule has 0 aromatic rings. The summed E-state index contributed by atoms with van der Waals surface area (Å²) in [6.07, 6.45) is -6.72. The molecule has 0 aromatic carbocycles. The predicted molar refractivity (Wildman–Crippen MR) is 52.0 cm³/mol. The molecule has 0 radical (unpaired) electrons. The normalized spacial score (nSPS) is 21.8. The fourth-order valence-corrected chi connectivity index (χ4v) is 1.23. The fourth-order valence-electron chi connectivity index (χ4n) is 1.23. The van der Waals surface area contributed by atoms with Gasteiger partial charge in [0, 0.05) is 0 Å². The molecular formula is C9H20O6. The second-order valence-electron chi connectivity index (χ2n) is 3.58. The molecule has 6 heteroatoms. The minimum atomic E-state index is -1.69. The zero-order valence-electron chi connectivity index (χ0n) is 8.69. The second-order valence-corrected chi connectivity index (χ2v) is 3.58. The maximum absolute atomic E-state index is 9.38. The highest BCUT2D eigenvalue weighted by Gasteiger charge is 2.33. The first-order valence-corrected chi connectivity index (χ1v) is 4.96. The van der Waals surface area contributed by atoms with E-state index in [1.165, 1.54) is 0 Å². The summed E-state index contributed by atoms with van der Waals surface area (Å²) in [4.78, 5) is 0. The SMILES string of the molecule is CCCC(O)C(O)C(O)C(O)C(O)CO. The summed E-state index contributed by atoms with van der Waals surface area (Å²) in [5.41, 5.74) is 0. The Hall–Kier alpha value is -0.240. The van der Waals surface area contributed by atoms with Crippen molar-refractivity contribution in [2.75, 3.05) is 6.61 Å². The van der Waals surface area contributed by atoms with E-state index in [9.17, 15) is 20.4 Å². The Bertz CT molecular complexity index is 165.